The highest BCUT2D eigenvalue weighted by Gasteiger charge is 2.20. The average Bonchev–Trinajstić information content (AvgIpc) is 2.75. The van der Waals surface area contributed by atoms with E-state index in [9.17, 15) is 4.79 Å². The van der Waals surface area contributed by atoms with E-state index in [2.05, 4.69) is 5.32 Å². The molecule has 3 heteroatoms. The monoisotopic (exact) mass is 193 g/mol. The SMILES string of the molecule is Cc1cocc1C(=O)CC1CCNC1. The zero-order valence-electron chi connectivity index (χ0n) is 8.38. The molecule has 0 amide bonds. The fourth-order valence-corrected chi connectivity index (χ4v) is 1.91. The third kappa shape index (κ3) is 1.87. The molecule has 1 atom stereocenters. The molecule has 3 nitrogen and oxygen atoms in total. The lowest BCUT2D eigenvalue weighted by molar-refractivity contribution is 0.0963. The van der Waals surface area contributed by atoms with Crippen molar-refractivity contribution in [1.82, 2.24) is 5.32 Å². The van der Waals surface area contributed by atoms with Crippen molar-refractivity contribution in [1.29, 1.82) is 0 Å². The Morgan fingerprint density at radius 2 is 2.50 bits per heavy atom. The molecule has 14 heavy (non-hydrogen) atoms. The minimum Gasteiger partial charge on any atom is -0.472 e. The number of hydrogen-bond acceptors (Lipinski definition) is 3. The van der Waals surface area contributed by atoms with Crippen molar-refractivity contribution in [2.75, 3.05) is 13.1 Å². The van der Waals surface area contributed by atoms with E-state index >= 15 is 0 Å². The summed E-state index contributed by atoms with van der Waals surface area (Å²) in [6.07, 6.45) is 4.94. The molecule has 1 saturated heterocycles. The minimum absolute atomic E-state index is 0.213. The molecule has 0 radical (unpaired) electrons. The molecular formula is C11H15NO2. The summed E-state index contributed by atoms with van der Waals surface area (Å²) >= 11 is 0. The zero-order valence-corrected chi connectivity index (χ0v) is 8.38. The maximum atomic E-state index is 11.8. The van der Waals surface area contributed by atoms with Crippen molar-refractivity contribution in [3.05, 3.63) is 23.7 Å². The van der Waals surface area contributed by atoms with Crippen LogP contribution in [0.5, 0.6) is 0 Å². The molecule has 1 N–H and O–H groups in total. The number of rotatable bonds is 3. The molecule has 1 fully saturated rings. The van der Waals surface area contributed by atoms with Gasteiger partial charge < -0.3 is 9.73 Å². The standard InChI is InChI=1S/C11H15NO2/c1-8-6-14-7-10(8)11(13)4-9-2-3-12-5-9/h6-7,9,12H,2-5H2,1H3. The Kier molecular flexibility index (Phi) is 2.68. The van der Waals surface area contributed by atoms with Gasteiger partial charge in [0, 0.05) is 6.42 Å². The Morgan fingerprint density at radius 1 is 1.64 bits per heavy atom. The first kappa shape index (κ1) is 9.46. The van der Waals surface area contributed by atoms with E-state index in [1.165, 1.54) is 0 Å². The first-order valence-electron chi connectivity index (χ1n) is 5.04. The summed E-state index contributed by atoms with van der Waals surface area (Å²) in [6, 6.07) is 0. The van der Waals surface area contributed by atoms with E-state index in [-0.39, 0.29) is 5.78 Å². The van der Waals surface area contributed by atoms with Crippen LogP contribution in [0.4, 0.5) is 0 Å². The third-order valence-corrected chi connectivity index (χ3v) is 2.79. The van der Waals surface area contributed by atoms with Gasteiger partial charge in [0.1, 0.15) is 6.26 Å². The number of nitrogens with one attached hydrogen (secondary N) is 1. The molecule has 76 valence electrons. The van der Waals surface area contributed by atoms with Gasteiger partial charge in [0.15, 0.2) is 5.78 Å². The zero-order chi connectivity index (χ0) is 9.97. The molecule has 2 heterocycles. The van der Waals surface area contributed by atoms with Crippen molar-refractivity contribution in [2.45, 2.75) is 19.8 Å². The highest BCUT2D eigenvalue weighted by Crippen LogP contribution is 2.18. The highest BCUT2D eigenvalue weighted by molar-refractivity contribution is 5.97. The third-order valence-electron chi connectivity index (χ3n) is 2.79. The summed E-state index contributed by atoms with van der Waals surface area (Å²) in [6.45, 7) is 3.93. The van der Waals surface area contributed by atoms with Gasteiger partial charge in [-0.2, -0.15) is 0 Å². The van der Waals surface area contributed by atoms with Crippen LogP contribution in [0.2, 0.25) is 0 Å². The molecule has 1 unspecified atom stereocenters. The van der Waals surface area contributed by atoms with Crippen LogP contribution in [-0.2, 0) is 0 Å². The van der Waals surface area contributed by atoms with Crippen molar-refractivity contribution < 1.29 is 9.21 Å². The molecule has 1 aromatic rings. The molecule has 1 aliphatic rings. The summed E-state index contributed by atoms with van der Waals surface area (Å²) in [7, 11) is 0. The average molecular weight is 193 g/mol. The second-order valence-corrected chi connectivity index (χ2v) is 3.95. The van der Waals surface area contributed by atoms with E-state index in [4.69, 9.17) is 4.42 Å². The predicted octanol–water partition coefficient (Wildman–Crippen LogP) is 1.77. The van der Waals surface area contributed by atoms with Crippen LogP contribution in [-0.4, -0.2) is 18.9 Å². The lowest BCUT2D eigenvalue weighted by Crippen LogP contribution is -2.12. The first-order valence-corrected chi connectivity index (χ1v) is 5.04. The number of carbonyl (C=O) groups is 1. The Bertz CT molecular complexity index is 324. The van der Waals surface area contributed by atoms with Gasteiger partial charge in [-0.3, -0.25) is 4.79 Å². The Labute approximate surface area is 83.5 Å². The van der Waals surface area contributed by atoms with Gasteiger partial charge in [-0.25, -0.2) is 0 Å². The number of Topliss-reactive ketones (excluding diaryl/α,β-unsaturated/α-hetero) is 1. The summed E-state index contributed by atoms with van der Waals surface area (Å²) in [5.41, 5.74) is 1.69. The fourth-order valence-electron chi connectivity index (χ4n) is 1.91. The van der Waals surface area contributed by atoms with Gasteiger partial charge in [-0.1, -0.05) is 0 Å². The quantitative estimate of drug-likeness (QED) is 0.744. The topological polar surface area (TPSA) is 42.2 Å². The van der Waals surface area contributed by atoms with Gasteiger partial charge in [0.25, 0.3) is 0 Å². The second kappa shape index (κ2) is 3.96. The largest absolute Gasteiger partial charge is 0.472 e. The summed E-state index contributed by atoms with van der Waals surface area (Å²) in [4.78, 5) is 11.8. The summed E-state index contributed by atoms with van der Waals surface area (Å²) in [5, 5.41) is 3.26. The number of aryl methyl sites for hydroxylation is 1. The lowest BCUT2D eigenvalue weighted by atomic mass is 9.97. The van der Waals surface area contributed by atoms with Crippen LogP contribution >= 0.6 is 0 Å². The second-order valence-electron chi connectivity index (χ2n) is 3.95. The van der Waals surface area contributed by atoms with E-state index in [0.29, 0.717) is 12.3 Å². The molecule has 0 bridgehead atoms. The van der Waals surface area contributed by atoms with Gasteiger partial charge in [-0.15, -0.1) is 0 Å². The van der Waals surface area contributed by atoms with Gasteiger partial charge in [0.05, 0.1) is 11.8 Å². The predicted molar refractivity (Wildman–Crippen MR) is 53.4 cm³/mol. The van der Waals surface area contributed by atoms with Crippen molar-refractivity contribution >= 4 is 5.78 Å². The molecule has 2 rings (SSSR count). The van der Waals surface area contributed by atoms with Crippen LogP contribution in [0.3, 0.4) is 0 Å². The maximum absolute atomic E-state index is 11.8. The molecule has 0 aliphatic carbocycles. The highest BCUT2D eigenvalue weighted by atomic mass is 16.3. The van der Waals surface area contributed by atoms with Gasteiger partial charge in [0.2, 0.25) is 0 Å². The van der Waals surface area contributed by atoms with Crippen molar-refractivity contribution in [3.8, 4) is 0 Å². The summed E-state index contributed by atoms with van der Waals surface area (Å²) in [5.74, 6) is 0.724. The van der Waals surface area contributed by atoms with Gasteiger partial charge >= 0.3 is 0 Å². The Balaban J connectivity index is 1.98. The lowest BCUT2D eigenvalue weighted by Gasteiger charge is -2.05. The maximum Gasteiger partial charge on any atom is 0.166 e. The number of ketones is 1. The number of furan rings is 1. The number of carbonyl (C=O) groups excluding carboxylic acids is 1. The van der Waals surface area contributed by atoms with Crippen LogP contribution in [0.25, 0.3) is 0 Å². The van der Waals surface area contributed by atoms with Crippen LogP contribution in [0.15, 0.2) is 16.9 Å². The molecule has 1 aromatic heterocycles. The van der Waals surface area contributed by atoms with Gasteiger partial charge in [-0.05, 0) is 37.9 Å². The van der Waals surface area contributed by atoms with E-state index in [1.807, 2.05) is 6.92 Å². The molecule has 0 aromatic carbocycles. The molecular weight excluding hydrogens is 178 g/mol. The minimum atomic E-state index is 0.213. The molecule has 1 aliphatic heterocycles. The van der Waals surface area contributed by atoms with E-state index in [1.54, 1.807) is 12.5 Å². The van der Waals surface area contributed by atoms with Crippen molar-refractivity contribution in [3.63, 3.8) is 0 Å². The van der Waals surface area contributed by atoms with E-state index in [0.717, 1.165) is 30.6 Å². The first-order chi connectivity index (χ1) is 6.77. The van der Waals surface area contributed by atoms with Crippen LogP contribution in [0, 0.1) is 12.8 Å². The Hall–Kier alpha value is -1.09. The molecule has 0 spiro atoms. The fraction of sp³-hybridized carbons (Fsp3) is 0.545. The normalized spacial score (nSPS) is 21.4. The Morgan fingerprint density at radius 3 is 3.07 bits per heavy atom. The smallest absolute Gasteiger partial charge is 0.166 e. The van der Waals surface area contributed by atoms with Crippen LogP contribution in [0.1, 0.15) is 28.8 Å². The molecule has 0 saturated carbocycles. The summed E-state index contributed by atoms with van der Waals surface area (Å²) < 4.78 is 4.99. The van der Waals surface area contributed by atoms with E-state index < -0.39 is 0 Å². The van der Waals surface area contributed by atoms with Crippen molar-refractivity contribution in [2.24, 2.45) is 5.92 Å². The number of hydrogen-bond donors (Lipinski definition) is 1. The van der Waals surface area contributed by atoms with Crippen LogP contribution < -0.4 is 5.32 Å².